The maximum absolute atomic E-state index is 12.4. The lowest BCUT2D eigenvalue weighted by Crippen LogP contribution is -2.10. The molecule has 22 heavy (non-hydrogen) atoms. The monoisotopic (exact) mass is 334 g/mol. The second-order valence-electron chi connectivity index (χ2n) is 4.77. The maximum Gasteiger partial charge on any atom is 0.271 e. The second kappa shape index (κ2) is 5.54. The first kappa shape index (κ1) is 14.7. The highest BCUT2D eigenvalue weighted by Gasteiger charge is 2.18. The van der Waals surface area contributed by atoms with Gasteiger partial charge in [-0.3, -0.25) is 4.72 Å². The van der Waals surface area contributed by atoms with E-state index in [1.165, 1.54) is 22.2 Å². The third kappa shape index (κ3) is 2.88. The minimum absolute atomic E-state index is 0.299. The van der Waals surface area contributed by atoms with E-state index in [9.17, 15) is 8.42 Å². The molecule has 3 rings (SSSR count). The van der Waals surface area contributed by atoms with Crippen molar-refractivity contribution >= 4 is 27.0 Å². The van der Waals surface area contributed by atoms with Crippen molar-refractivity contribution in [2.24, 2.45) is 0 Å². The highest BCUT2D eigenvalue weighted by Crippen LogP contribution is 2.26. The highest BCUT2D eigenvalue weighted by atomic mass is 32.2. The van der Waals surface area contributed by atoms with Crippen molar-refractivity contribution in [2.45, 2.75) is 18.1 Å². The zero-order chi connectivity index (χ0) is 15.7. The van der Waals surface area contributed by atoms with Gasteiger partial charge in [-0.2, -0.15) is 5.10 Å². The molecule has 0 aromatic carbocycles. The molecule has 0 aliphatic heterocycles. The van der Waals surface area contributed by atoms with Crippen LogP contribution in [0.3, 0.4) is 0 Å². The molecule has 6 nitrogen and oxygen atoms in total. The van der Waals surface area contributed by atoms with Gasteiger partial charge in [-0.05, 0) is 37.6 Å². The van der Waals surface area contributed by atoms with Crippen LogP contribution >= 0.6 is 11.3 Å². The number of aryl methyl sites for hydroxylation is 2. The summed E-state index contributed by atoms with van der Waals surface area (Å²) in [6.45, 7) is 3.79. The minimum atomic E-state index is -3.59. The van der Waals surface area contributed by atoms with E-state index in [0.717, 1.165) is 10.4 Å². The summed E-state index contributed by atoms with van der Waals surface area (Å²) in [6.07, 6.45) is 4.70. The Bertz CT molecular complexity index is 879. The van der Waals surface area contributed by atoms with Crippen molar-refractivity contribution in [1.82, 2.24) is 14.8 Å². The average molecular weight is 334 g/mol. The first-order valence-corrected chi connectivity index (χ1v) is 8.81. The molecule has 3 aromatic heterocycles. The van der Waals surface area contributed by atoms with E-state index < -0.39 is 10.0 Å². The molecule has 0 atom stereocenters. The standard InChI is InChI=1S/C14H14N4O2S2/c1-10-7-14(21-11(10)2)22(19,20)17-12-8-16-18(9-12)13-5-3-4-6-15-13/h3-9,17H,1-2H3. The first-order valence-electron chi connectivity index (χ1n) is 6.52. The number of thiophene rings is 1. The van der Waals surface area contributed by atoms with E-state index in [1.54, 1.807) is 30.6 Å². The molecule has 0 spiro atoms. The van der Waals surface area contributed by atoms with E-state index in [4.69, 9.17) is 0 Å². The predicted octanol–water partition coefficient (Wildman–Crippen LogP) is 2.75. The molecule has 3 heterocycles. The number of sulfonamides is 1. The lowest BCUT2D eigenvalue weighted by atomic mass is 10.3. The Labute approximate surface area is 132 Å². The second-order valence-corrected chi connectivity index (χ2v) is 7.94. The van der Waals surface area contributed by atoms with Gasteiger partial charge in [0.25, 0.3) is 10.0 Å². The van der Waals surface area contributed by atoms with Crippen LogP contribution in [0.5, 0.6) is 0 Å². The van der Waals surface area contributed by atoms with E-state index in [0.29, 0.717) is 15.7 Å². The SMILES string of the molecule is Cc1cc(S(=O)(=O)Nc2cnn(-c3ccccn3)c2)sc1C. The summed E-state index contributed by atoms with van der Waals surface area (Å²) in [5.41, 5.74) is 1.36. The molecule has 8 heteroatoms. The molecule has 0 saturated carbocycles. The fourth-order valence-electron chi connectivity index (χ4n) is 1.87. The van der Waals surface area contributed by atoms with Gasteiger partial charge >= 0.3 is 0 Å². The number of nitrogens with zero attached hydrogens (tertiary/aromatic N) is 3. The number of nitrogens with one attached hydrogen (secondary N) is 1. The number of rotatable bonds is 4. The van der Waals surface area contributed by atoms with E-state index in [-0.39, 0.29) is 0 Å². The van der Waals surface area contributed by atoms with Gasteiger partial charge in [0.05, 0.1) is 18.1 Å². The Morgan fingerprint density at radius 3 is 2.73 bits per heavy atom. The van der Waals surface area contributed by atoms with Crippen molar-refractivity contribution in [2.75, 3.05) is 4.72 Å². The summed E-state index contributed by atoms with van der Waals surface area (Å²) in [5, 5.41) is 4.12. The topological polar surface area (TPSA) is 76.9 Å². The van der Waals surface area contributed by atoms with E-state index in [1.807, 2.05) is 19.9 Å². The zero-order valence-corrected chi connectivity index (χ0v) is 13.6. The van der Waals surface area contributed by atoms with Crippen LogP contribution in [0.4, 0.5) is 5.69 Å². The van der Waals surface area contributed by atoms with Crippen LogP contribution < -0.4 is 4.72 Å². The third-order valence-electron chi connectivity index (χ3n) is 3.13. The van der Waals surface area contributed by atoms with Crippen LogP contribution in [0, 0.1) is 13.8 Å². The largest absolute Gasteiger partial charge is 0.276 e. The van der Waals surface area contributed by atoms with Gasteiger partial charge < -0.3 is 0 Å². The summed E-state index contributed by atoms with van der Waals surface area (Å²) in [4.78, 5) is 5.15. The van der Waals surface area contributed by atoms with Gasteiger partial charge in [-0.1, -0.05) is 6.07 Å². The van der Waals surface area contributed by atoms with Crippen LogP contribution in [0.2, 0.25) is 0 Å². The maximum atomic E-state index is 12.4. The van der Waals surface area contributed by atoms with Crippen LogP contribution in [-0.4, -0.2) is 23.2 Å². The quantitative estimate of drug-likeness (QED) is 0.796. The molecule has 0 saturated heterocycles. The van der Waals surface area contributed by atoms with E-state index >= 15 is 0 Å². The molecule has 0 amide bonds. The van der Waals surface area contributed by atoms with Crippen molar-refractivity contribution < 1.29 is 8.42 Å². The van der Waals surface area contributed by atoms with Crippen LogP contribution in [0.25, 0.3) is 5.82 Å². The molecule has 0 bridgehead atoms. The van der Waals surface area contributed by atoms with Gasteiger partial charge in [0.15, 0.2) is 5.82 Å². The van der Waals surface area contributed by atoms with Gasteiger partial charge in [-0.25, -0.2) is 18.1 Å². The van der Waals surface area contributed by atoms with Crippen LogP contribution in [-0.2, 0) is 10.0 Å². The Balaban J connectivity index is 1.86. The summed E-state index contributed by atoms with van der Waals surface area (Å²) in [6, 6.07) is 7.10. The van der Waals surface area contributed by atoms with Crippen molar-refractivity contribution in [3.05, 3.63) is 53.3 Å². The smallest absolute Gasteiger partial charge is 0.271 e. The lowest BCUT2D eigenvalue weighted by molar-refractivity contribution is 0.603. The highest BCUT2D eigenvalue weighted by molar-refractivity contribution is 7.94. The number of hydrogen-bond acceptors (Lipinski definition) is 5. The predicted molar refractivity (Wildman–Crippen MR) is 86.0 cm³/mol. The van der Waals surface area contributed by atoms with Gasteiger partial charge in [0.1, 0.15) is 4.21 Å². The molecular weight excluding hydrogens is 320 g/mol. The van der Waals surface area contributed by atoms with Crippen LogP contribution in [0.1, 0.15) is 10.4 Å². The molecule has 0 fully saturated rings. The average Bonchev–Trinajstić information content (AvgIpc) is 3.08. The molecule has 1 N–H and O–H groups in total. The van der Waals surface area contributed by atoms with Gasteiger partial charge in [0.2, 0.25) is 0 Å². The summed E-state index contributed by atoms with van der Waals surface area (Å²) in [7, 11) is -3.59. The number of pyridine rings is 1. The minimum Gasteiger partial charge on any atom is -0.276 e. The molecular formula is C14H14N4O2S2. The van der Waals surface area contributed by atoms with E-state index in [2.05, 4.69) is 14.8 Å². The van der Waals surface area contributed by atoms with Gasteiger partial charge in [-0.15, -0.1) is 11.3 Å². The normalized spacial score (nSPS) is 11.5. The summed E-state index contributed by atoms with van der Waals surface area (Å²) >= 11 is 1.25. The molecule has 0 unspecified atom stereocenters. The van der Waals surface area contributed by atoms with Crippen molar-refractivity contribution in [1.29, 1.82) is 0 Å². The summed E-state index contributed by atoms with van der Waals surface area (Å²) in [5.74, 6) is 0.621. The zero-order valence-electron chi connectivity index (χ0n) is 12.0. The Kier molecular flexibility index (Phi) is 3.71. The Hall–Kier alpha value is -2.19. The van der Waals surface area contributed by atoms with Crippen LogP contribution in [0.15, 0.2) is 47.1 Å². The first-order chi connectivity index (χ1) is 10.5. The lowest BCUT2D eigenvalue weighted by Gasteiger charge is -2.02. The number of anilines is 1. The fourth-order valence-corrected chi connectivity index (χ4v) is 4.41. The number of hydrogen-bond donors (Lipinski definition) is 1. The molecule has 3 aromatic rings. The molecule has 0 aliphatic rings. The van der Waals surface area contributed by atoms with Crippen molar-refractivity contribution in [3.8, 4) is 5.82 Å². The molecule has 0 aliphatic carbocycles. The Morgan fingerprint density at radius 2 is 2.09 bits per heavy atom. The van der Waals surface area contributed by atoms with Gasteiger partial charge in [0, 0.05) is 11.1 Å². The molecule has 0 radical (unpaired) electrons. The fraction of sp³-hybridized carbons (Fsp3) is 0.143. The number of aromatic nitrogens is 3. The Morgan fingerprint density at radius 1 is 1.27 bits per heavy atom. The summed E-state index contributed by atoms with van der Waals surface area (Å²) < 4.78 is 29.1. The van der Waals surface area contributed by atoms with Crippen molar-refractivity contribution in [3.63, 3.8) is 0 Å². The third-order valence-corrected chi connectivity index (χ3v) is 6.13. The molecule has 114 valence electrons.